The second-order valence-electron chi connectivity index (χ2n) is 6.03. The van der Waals surface area contributed by atoms with E-state index in [-0.39, 0.29) is 17.2 Å². The number of nitrogens with one attached hydrogen (secondary N) is 1. The Hall–Kier alpha value is -2.18. The summed E-state index contributed by atoms with van der Waals surface area (Å²) in [4.78, 5) is 11.3. The van der Waals surface area contributed by atoms with Crippen molar-refractivity contribution in [1.29, 1.82) is 0 Å². The molecule has 0 aromatic heterocycles. The molecule has 0 saturated carbocycles. The van der Waals surface area contributed by atoms with Gasteiger partial charge in [0.2, 0.25) is 10.0 Å². The lowest BCUT2D eigenvalue weighted by Gasteiger charge is -2.16. The van der Waals surface area contributed by atoms with Crippen LogP contribution in [-0.4, -0.2) is 25.5 Å². The minimum atomic E-state index is -3.88. The van der Waals surface area contributed by atoms with E-state index in [9.17, 15) is 18.3 Å². The molecule has 0 aliphatic carbocycles. The molecule has 1 atom stereocenters. The van der Waals surface area contributed by atoms with E-state index in [2.05, 4.69) is 4.72 Å². The third-order valence-electron chi connectivity index (χ3n) is 3.57. The highest BCUT2D eigenvalue weighted by atomic mass is 32.2. The smallest absolute Gasteiger partial charge is 0.321 e. The van der Waals surface area contributed by atoms with Gasteiger partial charge in [0.05, 0.1) is 4.90 Å². The van der Waals surface area contributed by atoms with Crippen LogP contribution in [0.1, 0.15) is 20.3 Å². The molecule has 24 heavy (non-hydrogen) atoms. The molecule has 6 heteroatoms. The van der Waals surface area contributed by atoms with Gasteiger partial charge in [-0.15, -0.1) is 0 Å². The maximum atomic E-state index is 12.4. The molecular weight excluding hydrogens is 326 g/mol. The van der Waals surface area contributed by atoms with E-state index in [1.54, 1.807) is 12.1 Å². The number of hydrogen-bond donors (Lipinski definition) is 2. The van der Waals surface area contributed by atoms with Gasteiger partial charge in [-0.05, 0) is 35.6 Å². The number of aliphatic carboxylic acids is 1. The van der Waals surface area contributed by atoms with Crippen LogP contribution in [0.5, 0.6) is 0 Å². The van der Waals surface area contributed by atoms with Crippen molar-refractivity contribution < 1.29 is 18.3 Å². The standard InChI is InChI=1S/C18H21NO4S/c1-13(2)12-17(18(20)21)19-24(22,23)16-10-8-15(9-11-16)14-6-4-3-5-7-14/h3-11,13,17,19H,12H2,1-2H3,(H,20,21)/t17-/m0/s1. The van der Waals surface area contributed by atoms with Crippen molar-refractivity contribution in [2.45, 2.75) is 31.2 Å². The molecule has 0 spiro atoms. The van der Waals surface area contributed by atoms with E-state index >= 15 is 0 Å². The van der Waals surface area contributed by atoms with Crippen molar-refractivity contribution in [3.8, 4) is 11.1 Å². The van der Waals surface area contributed by atoms with Gasteiger partial charge in [-0.25, -0.2) is 8.42 Å². The highest BCUT2D eigenvalue weighted by Gasteiger charge is 2.26. The first-order valence-corrected chi connectivity index (χ1v) is 9.18. The molecule has 0 amide bonds. The number of carboxylic acid groups (broad SMARTS) is 1. The lowest BCUT2D eigenvalue weighted by Crippen LogP contribution is -2.41. The molecule has 2 rings (SSSR count). The fourth-order valence-corrected chi connectivity index (χ4v) is 3.59. The number of sulfonamides is 1. The van der Waals surface area contributed by atoms with E-state index < -0.39 is 22.0 Å². The molecule has 0 bridgehead atoms. The maximum absolute atomic E-state index is 12.4. The van der Waals surface area contributed by atoms with Crippen molar-refractivity contribution in [2.75, 3.05) is 0 Å². The Balaban J connectivity index is 2.21. The van der Waals surface area contributed by atoms with Gasteiger partial charge < -0.3 is 5.11 Å². The van der Waals surface area contributed by atoms with Gasteiger partial charge >= 0.3 is 5.97 Å². The Morgan fingerprint density at radius 2 is 1.54 bits per heavy atom. The molecule has 0 fully saturated rings. The topological polar surface area (TPSA) is 83.5 Å². The summed E-state index contributed by atoms with van der Waals surface area (Å²) in [7, 11) is -3.88. The average Bonchev–Trinajstić information content (AvgIpc) is 2.54. The third-order valence-corrected chi connectivity index (χ3v) is 5.06. The summed E-state index contributed by atoms with van der Waals surface area (Å²) in [6, 6.07) is 14.9. The predicted octanol–water partition coefficient (Wildman–Crippen LogP) is 3.13. The first-order valence-electron chi connectivity index (χ1n) is 7.70. The quantitative estimate of drug-likeness (QED) is 0.806. The molecular formula is C18H21NO4S. The van der Waals surface area contributed by atoms with Crippen LogP contribution in [0.15, 0.2) is 59.5 Å². The third kappa shape index (κ3) is 4.66. The highest BCUT2D eigenvalue weighted by molar-refractivity contribution is 7.89. The van der Waals surface area contributed by atoms with Gasteiger partial charge in [0, 0.05) is 0 Å². The number of carbonyl (C=O) groups is 1. The van der Waals surface area contributed by atoms with Crippen LogP contribution in [0, 0.1) is 5.92 Å². The van der Waals surface area contributed by atoms with Gasteiger partial charge in [0.25, 0.3) is 0 Å². The number of hydrogen-bond acceptors (Lipinski definition) is 3. The Kier molecular flexibility index (Phi) is 5.75. The summed E-state index contributed by atoms with van der Waals surface area (Å²) in [5.74, 6) is -1.11. The largest absolute Gasteiger partial charge is 0.480 e. The molecule has 0 heterocycles. The van der Waals surface area contributed by atoms with Gasteiger partial charge in [-0.3, -0.25) is 4.79 Å². The summed E-state index contributed by atoms with van der Waals surface area (Å²) in [5, 5.41) is 9.20. The normalized spacial score (nSPS) is 13.0. The summed E-state index contributed by atoms with van der Waals surface area (Å²) >= 11 is 0. The molecule has 0 aliphatic heterocycles. The summed E-state index contributed by atoms with van der Waals surface area (Å²) in [5.41, 5.74) is 1.88. The minimum absolute atomic E-state index is 0.0530. The molecule has 0 radical (unpaired) electrons. The van der Waals surface area contributed by atoms with Crippen molar-refractivity contribution in [2.24, 2.45) is 5.92 Å². The van der Waals surface area contributed by atoms with Gasteiger partial charge in [-0.2, -0.15) is 4.72 Å². The molecule has 2 N–H and O–H groups in total. The fourth-order valence-electron chi connectivity index (χ4n) is 2.38. The van der Waals surface area contributed by atoms with Crippen molar-refractivity contribution in [3.63, 3.8) is 0 Å². The zero-order valence-electron chi connectivity index (χ0n) is 13.6. The SMILES string of the molecule is CC(C)C[C@H](NS(=O)(=O)c1ccc(-c2ccccc2)cc1)C(=O)O. The first-order chi connectivity index (χ1) is 11.3. The zero-order chi connectivity index (χ0) is 17.7. The Morgan fingerprint density at radius 1 is 1.00 bits per heavy atom. The van der Waals surface area contributed by atoms with Gasteiger partial charge in [0.15, 0.2) is 0 Å². The Bertz CT molecular complexity index is 784. The summed E-state index contributed by atoms with van der Waals surface area (Å²) in [6.07, 6.45) is 0.233. The van der Waals surface area contributed by atoms with Crippen molar-refractivity contribution in [1.82, 2.24) is 4.72 Å². The Morgan fingerprint density at radius 3 is 2.04 bits per heavy atom. The fraction of sp³-hybridized carbons (Fsp3) is 0.278. The monoisotopic (exact) mass is 347 g/mol. The number of rotatable bonds is 7. The lowest BCUT2D eigenvalue weighted by molar-refractivity contribution is -0.139. The maximum Gasteiger partial charge on any atom is 0.321 e. The van der Waals surface area contributed by atoms with Crippen LogP contribution < -0.4 is 4.72 Å². The van der Waals surface area contributed by atoms with E-state index in [0.29, 0.717) is 0 Å². The van der Waals surface area contributed by atoms with Crippen molar-refractivity contribution in [3.05, 3.63) is 54.6 Å². The molecule has 5 nitrogen and oxygen atoms in total. The minimum Gasteiger partial charge on any atom is -0.480 e. The van der Waals surface area contributed by atoms with Crippen LogP contribution >= 0.6 is 0 Å². The number of carboxylic acids is 1. The highest BCUT2D eigenvalue weighted by Crippen LogP contribution is 2.21. The van der Waals surface area contributed by atoms with E-state index in [1.807, 2.05) is 44.2 Å². The zero-order valence-corrected chi connectivity index (χ0v) is 14.5. The van der Waals surface area contributed by atoms with Gasteiger partial charge in [0.1, 0.15) is 6.04 Å². The van der Waals surface area contributed by atoms with Crippen LogP contribution in [0.25, 0.3) is 11.1 Å². The molecule has 0 unspecified atom stereocenters. The number of benzene rings is 2. The summed E-state index contributed by atoms with van der Waals surface area (Å²) < 4.78 is 27.1. The molecule has 128 valence electrons. The molecule has 2 aromatic carbocycles. The van der Waals surface area contributed by atoms with Crippen molar-refractivity contribution >= 4 is 16.0 Å². The van der Waals surface area contributed by atoms with E-state index in [4.69, 9.17) is 0 Å². The van der Waals surface area contributed by atoms with Crippen LogP contribution in [0.2, 0.25) is 0 Å². The first kappa shape index (κ1) is 18.2. The molecule has 0 aliphatic rings. The average molecular weight is 347 g/mol. The lowest BCUT2D eigenvalue weighted by atomic mass is 10.1. The predicted molar refractivity (Wildman–Crippen MR) is 93.1 cm³/mol. The van der Waals surface area contributed by atoms with Crippen LogP contribution in [0.3, 0.4) is 0 Å². The summed E-state index contributed by atoms with van der Waals surface area (Å²) in [6.45, 7) is 3.69. The van der Waals surface area contributed by atoms with E-state index in [1.165, 1.54) is 12.1 Å². The Labute approximate surface area is 142 Å². The van der Waals surface area contributed by atoms with Crippen LogP contribution in [0.4, 0.5) is 0 Å². The van der Waals surface area contributed by atoms with E-state index in [0.717, 1.165) is 11.1 Å². The second-order valence-corrected chi connectivity index (χ2v) is 7.75. The molecule has 2 aromatic rings. The van der Waals surface area contributed by atoms with Crippen LogP contribution in [-0.2, 0) is 14.8 Å². The second kappa shape index (κ2) is 7.59. The molecule has 0 saturated heterocycles. The van der Waals surface area contributed by atoms with Gasteiger partial charge in [-0.1, -0.05) is 56.3 Å².